The quantitative estimate of drug-likeness (QED) is 0.645. The second-order valence-corrected chi connectivity index (χ2v) is 11.4. The van der Waals surface area contributed by atoms with Gasteiger partial charge < -0.3 is 0 Å². The molecular formula is C19H20Si. The van der Waals surface area contributed by atoms with Gasteiger partial charge in [-0.2, -0.15) is 0 Å². The van der Waals surface area contributed by atoms with E-state index in [-0.39, 0.29) is 0 Å². The molecule has 2 aromatic rings. The molecule has 0 aromatic heterocycles. The molecule has 100 valence electrons. The molecule has 0 amide bonds. The lowest BCUT2D eigenvalue weighted by Gasteiger charge is -2.22. The van der Waals surface area contributed by atoms with Gasteiger partial charge in [-0.05, 0) is 33.0 Å². The molecule has 0 fully saturated rings. The van der Waals surface area contributed by atoms with Gasteiger partial charge in [0.1, 0.15) is 0 Å². The van der Waals surface area contributed by atoms with Crippen LogP contribution in [-0.2, 0) is 0 Å². The molecule has 0 N–H and O–H groups in total. The molecule has 0 unspecified atom stereocenters. The Labute approximate surface area is 122 Å². The van der Waals surface area contributed by atoms with Crippen molar-refractivity contribution >= 4 is 19.2 Å². The molecule has 0 atom stereocenters. The molecule has 0 radical (unpaired) electrons. The van der Waals surface area contributed by atoms with E-state index in [2.05, 4.69) is 80.8 Å². The molecule has 3 rings (SSSR count). The van der Waals surface area contributed by atoms with Crippen molar-refractivity contribution in [3.63, 3.8) is 0 Å². The Kier molecular flexibility index (Phi) is 3.02. The van der Waals surface area contributed by atoms with Crippen LogP contribution in [0.5, 0.6) is 0 Å². The van der Waals surface area contributed by atoms with Crippen LogP contribution in [0.1, 0.15) is 16.7 Å². The fourth-order valence-electron chi connectivity index (χ4n) is 3.12. The number of allylic oxidation sites excluding steroid dienone is 2. The monoisotopic (exact) mass is 276 g/mol. The van der Waals surface area contributed by atoms with E-state index < -0.39 is 8.07 Å². The highest BCUT2D eigenvalue weighted by Gasteiger charge is 2.33. The fourth-order valence-corrected chi connectivity index (χ4v) is 5.19. The molecule has 2 aromatic carbocycles. The minimum Gasteiger partial charge on any atom is -0.0912 e. The average Bonchev–Trinajstić information content (AvgIpc) is 2.74. The third-order valence-electron chi connectivity index (χ3n) is 3.89. The van der Waals surface area contributed by atoms with Gasteiger partial charge in [-0.15, -0.1) is 0 Å². The van der Waals surface area contributed by atoms with Crippen molar-refractivity contribution in [2.45, 2.75) is 19.6 Å². The maximum absolute atomic E-state index is 4.40. The summed E-state index contributed by atoms with van der Waals surface area (Å²) in [5.41, 5.74) is 6.62. The van der Waals surface area contributed by atoms with Crippen LogP contribution in [0.25, 0.3) is 11.1 Å². The summed E-state index contributed by atoms with van der Waals surface area (Å²) in [5.74, 6) is 0. The third-order valence-corrected chi connectivity index (χ3v) is 5.94. The number of hydrogen-bond acceptors (Lipinski definition) is 0. The number of fused-ring (bicyclic) bond motifs is 1. The highest BCUT2D eigenvalue weighted by atomic mass is 28.3. The molecule has 0 bridgehead atoms. The Balaban J connectivity index is 2.34. The Bertz CT molecular complexity index is 700. The highest BCUT2D eigenvalue weighted by Crippen LogP contribution is 2.46. The van der Waals surface area contributed by atoms with Crippen LogP contribution in [0, 0.1) is 0 Å². The Morgan fingerprint density at radius 2 is 1.30 bits per heavy atom. The Hall–Kier alpha value is -1.86. The van der Waals surface area contributed by atoms with Crippen molar-refractivity contribution in [2.24, 2.45) is 0 Å². The van der Waals surface area contributed by atoms with Gasteiger partial charge in [-0.1, -0.05) is 80.8 Å². The topological polar surface area (TPSA) is 0 Å². The van der Waals surface area contributed by atoms with Crippen LogP contribution in [-0.4, -0.2) is 8.07 Å². The minimum atomic E-state index is -1.45. The van der Waals surface area contributed by atoms with E-state index >= 15 is 0 Å². The largest absolute Gasteiger partial charge is 0.0912 e. The summed E-state index contributed by atoms with van der Waals surface area (Å²) >= 11 is 0. The van der Waals surface area contributed by atoms with E-state index in [1.807, 2.05) is 0 Å². The normalized spacial score (nSPS) is 14.7. The van der Waals surface area contributed by atoms with Gasteiger partial charge in [0.2, 0.25) is 0 Å². The molecule has 20 heavy (non-hydrogen) atoms. The first kappa shape index (κ1) is 13.1. The number of hydrogen-bond donors (Lipinski definition) is 0. The zero-order valence-corrected chi connectivity index (χ0v) is 13.4. The molecular weight excluding hydrogens is 256 g/mol. The van der Waals surface area contributed by atoms with Gasteiger partial charge in [-0.25, -0.2) is 0 Å². The van der Waals surface area contributed by atoms with Crippen molar-refractivity contribution in [1.82, 2.24) is 0 Å². The molecule has 1 aliphatic rings. The first-order valence-electron chi connectivity index (χ1n) is 7.09. The van der Waals surface area contributed by atoms with Crippen LogP contribution in [0.3, 0.4) is 0 Å². The fraction of sp³-hybridized carbons (Fsp3) is 0.158. The maximum atomic E-state index is 4.40. The summed E-state index contributed by atoms with van der Waals surface area (Å²) in [5, 5.41) is 1.50. The van der Waals surface area contributed by atoms with Crippen LogP contribution in [0.2, 0.25) is 19.6 Å². The molecule has 1 heteroatoms. The molecule has 0 aliphatic heterocycles. The van der Waals surface area contributed by atoms with Crippen molar-refractivity contribution < 1.29 is 0 Å². The SMILES string of the molecule is C=C1C([Si](C)(C)C)=C(c2ccccc2)c2ccccc21. The molecule has 0 spiro atoms. The lowest BCUT2D eigenvalue weighted by Crippen LogP contribution is -2.24. The van der Waals surface area contributed by atoms with E-state index in [0.717, 1.165) is 0 Å². The summed E-state index contributed by atoms with van der Waals surface area (Å²) in [6, 6.07) is 19.4. The maximum Gasteiger partial charge on any atom is 0.0792 e. The van der Waals surface area contributed by atoms with Crippen molar-refractivity contribution in [3.05, 3.63) is 83.1 Å². The lowest BCUT2D eigenvalue weighted by molar-refractivity contribution is 1.55. The van der Waals surface area contributed by atoms with Gasteiger partial charge in [0.05, 0.1) is 8.07 Å². The summed E-state index contributed by atoms with van der Waals surface area (Å²) in [6.07, 6.45) is 0. The molecule has 0 heterocycles. The summed E-state index contributed by atoms with van der Waals surface area (Å²) in [6.45, 7) is 11.6. The minimum absolute atomic E-state index is 1.23. The zero-order chi connectivity index (χ0) is 14.3. The number of rotatable bonds is 2. The zero-order valence-electron chi connectivity index (χ0n) is 12.4. The van der Waals surface area contributed by atoms with Crippen LogP contribution in [0.15, 0.2) is 66.4 Å². The Morgan fingerprint density at radius 1 is 0.750 bits per heavy atom. The van der Waals surface area contributed by atoms with E-state index in [1.54, 1.807) is 0 Å². The summed E-state index contributed by atoms with van der Waals surface area (Å²) in [7, 11) is -1.45. The van der Waals surface area contributed by atoms with Crippen molar-refractivity contribution in [2.75, 3.05) is 0 Å². The molecule has 0 nitrogen and oxygen atoms in total. The van der Waals surface area contributed by atoms with Gasteiger partial charge in [0, 0.05) is 0 Å². The molecule has 0 saturated carbocycles. The van der Waals surface area contributed by atoms with Crippen LogP contribution < -0.4 is 0 Å². The van der Waals surface area contributed by atoms with Gasteiger partial charge >= 0.3 is 0 Å². The third kappa shape index (κ3) is 1.99. The predicted octanol–water partition coefficient (Wildman–Crippen LogP) is 5.39. The summed E-state index contributed by atoms with van der Waals surface area (Å²) in [4.78, 5) is 0. The second-order valence-electron chi connectivity index (χ2n) is 6.39. The Morgan fingerprint density at radius 3 is 1.90 bits per heavy atom. The number of benzene rings is 2. The first-order valence-corrected chi connectivity index (χ1v) is 10.6. The van der Waals surface area contributed by atoms with Gasteiger partial charge in [0.15, 0.2) is 0 Å². The first-order chi connectivity index (χ1) is 9.50. The summed E-state index contributed by atoms with van der Waals surface area (Å²) < 4.78 is 0. The van der Waals surface area contributed by atoms with Crippen molar-refractivity contribution in [1.29, 1.82) is 0 Å². The lowest BCUT2D eigenvalue weighted by atomic mass is 9.99. The highest BCUT2D eigenvalue weighted by molar-refractivity contribution is 6.87. The standard InChI is InChI=1S/C19H20Si/c1-14-16-12-8-9-13-17(16)18(19(14)20(2,3)4)15-10-6-5-7-11-15/h5-13H,1H2,2-4H3. The smallest absolute Gasteiger partial charge is 0.0792 e. The van der Waals surface area contributed by atoms with Gasteiger partial charge in [0.25, 0.3) is 0 Å². The molecule has 1 aliphatic carbocycles. The van der Waals surface area contributed by atoms with Crippen LogP contribution >= 0.6 is 0 Å². The second kappa shape index (κ2) is 4.60. The van der Waals surface area contributed by atoms with E-state index in [4.69, 9.17) is 0 Å². The molecule has 0 saturated heterocycles. The van der Waals surface area contributed by atoms with Crippen LogP contribution in [0.4, 0.5) is 0 Å². The average molecular weight is 276 g/mol. The van der Waals surface area contributed by atoms with Gasteiger partial charge in [-0.3, -0.25) is 0 Å². The van der Waals surface area contributed by atoms with E-state index in [9.17, 15) is 0 Å². The van der Waals surface area contributed by atoms with E-state index in [0.29, 0.717) is 0 Å². The van der Waals surface area contributed by atoms with E-state index in [1.165, 1.54) is 33.0 Å². The van der Waals surface area contributed by atoms with Crippen molar-refractivity contribution in [3.8, 4) is 0 Å². The predicted molar refractivity (Wildman–Crippen MR) is 91.3 cm³/mol.